The van der Waals surface area contributed by atoms with Crippen molar-refractivity contribution in [3.8, 4) is 11.3 Å². The highest BCUT2D eigenvalue weighted by molar-refractivity contribution is 5.63. The molecule has 0 aromatic carbocycles. The molecule has 6 nitrogen and oxygen atoms in total. The lowest BCUT2D eigenvalue weighted by atomic mass is 9.78. The molecule has 9 heteroatoms. The Morgan fingerprint density at radius 2 is 1.79 bits per heavy atom. The summed E-state index contributed by atoms with van der Waals surface area (Å²) in [6.07, 6.45) is 6.54. The Balaban J connectivity index is 0.000000279. The van der Waals surface area contributed by atoms with Crippen molar-refractivity contribution in [2.75, 3.05) is 5.73 Å². The van der Waals surface area contributed by atoms with Crippen LogP contribution in [0.4, 0.5) is 19.0 Å². The number of alkyl halides is 3. The van der Waals surface area contributed by atoms with Gasteiger partial charge in [-0.3, -0.25) is 9.67 Å². The van der Waals surface area contributed by atoms with Crippen molar-refractivity contribution in [1.82, 2.24) is 19.7 Å². The molecule has 1 aliphatic heterocycles. The van der Waals surface area contributed by atoms with Crippen LogP contribution in [0, 0.1) is 0 Å². The average molecular weight is 532 g/mol. The SMILES string of the molecule is CC.CC=O.CCC1(CC)CCn2nc(-c3cnc(N)c(C(F)(F)F)c3)cc21.c1ccc(C2CCC2)nc1. The zero-order chi connectivity index (χ0) is 28.3. The second-order valence-electron chi connectivity index (χ2n) is 9.15. The Bertz CT molecular complexity index is 1140. The average Bonchev–Trinajstić information content (AvgIpc) is 3.45. The number of anilines is 1. The number of hydrogen-bond donors (Lipinski definition) is 1. The lowest BCUT2D eigenvalue weighted by Crippen LogP contribution is -2.20. The van der Waals surface area contributed by atoms with E-state index >= 15 is 0 Å². The number of nitrogens with two attached hydrogens (primary N) is 1. The number of carbonyl (C=O) groups is 1. The molecule has 3 aromatic heterocycles. The Labute approximate surface area is 223 Å². The van der Waals surface area contributed by atoms with Gasteiger partial charge >= 0.3 is 6.18 Å². The summed E-state index contributed by atoms with van der Waals surface area (Å²) in [5.41, 5.74) is 7.75. The zero-order valence-electron chi connectivity index (χ0n) is 23.1. The molecule has 0 saturated heterocycles. The van der Waals surface area contributed by atoms with E-state index in [2.05, 4.69) is 41.0 Å². The van der Waals surface area contributed by atoms with Crippen LogP contribution in [0.15, 0.2) is 42.7 Å². The summed E-state index contributed by atoms with van der Waals surface area (Å²) < 4.78 is 40.9. The molecule has 5 rings (SSSR count). The van der Waals surface area contributed by atoms with Gasteiger partial charge < -0.3 is 10.5 Å². The minimum absolute atomic E-state index is 0.0688. The van der Waals surface area contributed by atoms with E-state index < -0.39 is 17.6 Å². The van der Waals surface area contributed by atoms with Gasteiger partial charge in [0.05, 0.1) is 11.3 Å². The summed E-state index contributed by atoms with van der Waals surface area (Å²) in [4.78, 5) is 16.8. The molecule has 1 fully saturated rings. The Morgan fingerprint density at radius 3 is 2.29 bits per heavy atom. The topological polar surface area (TPSA) is 86.7 Å². The highest BCUT2D eigenvalue weighted by atomic mass is 19.4. The van der Waals surface area contributed by atoms with Crippen molar-refractivity contribution in [3.05, 3.63) is 59.7 Å². The molecule has 0 radical (unpaired) electrons. The molecule has 0 atom stereocenters. The number of fused-ring (bicyclic) bond motifs is 1. The second-order valence-corrected chi connectivity index (χ2v) is 9.15. The van der Waals surface area contributed by atoms with E-state index in [4.69, 9.17) is 10.5 Å². The van der Waals surface area contributed by atoms with E-state index in [0.717, 1.165) is 49.8 Å². The normalized spacial score (nSPS) is 15.4. The van der Waals surface area contributed by atoms with Crippen molar-refractivity contribution in [2.45, 2.75) is 97.2 Å². The van der Waals surface area contributed by atoms with Crippen LogP contribution in [0.3, 0.4) is 0 Å². The number of pyridine rings is 2. The summed E-state index contributed by atoms with van der Waals surface area (Å²) in [5.74, 6) is 0.269. The largest absolute Gasteiger partial charge is 0.419 e. The maximum absolute atomic E-state index is 13.0. The van der Waals surface area contributed by atoms with Crippen LogP contribution in [0.2, 0.25) is 0 Å². The Kier molecular flexibility index (Phi) is 11.5. The standard InChI is InChI=1S/C16H19F3N4.C9H11N.C2H4O.C2H6/c1-3-15(4-2)5-6-23-13(15)8-12(22-23)10-7-11(16(17,18)19)14(20)21-9-10;1-2-7-10-9(6-1)8-4-3-5-8;1-2-3;1-2/h7-9H,3-6H2,1-2H3,(H2,20,21);1-2,6-8H,3-5H2;2H,1H3;1-2H3. The number of rotatable bonds is 4. The van der Waals surface area contributed by atoms with Gasteiger partial charge in [0.15, 0.2) is 0 Å². The fourth-order valence-electron chi connectivity index (χ4n) is 4.73. The lowest BCUT2D eigenvalue weighted by molar-refractivity contribution is -0.137. The van der Waals surface area contributed by atoms with E-state index in [-0.39, 0.29) is 5.41 Å². The molecule has 0 spiro atoms. The van der Waals surface area contributed by atoms with Crippen molar-refractivity contribution in [1.29, 1.82) is 0 Å². The van der Waals surface area contributed by atoms with Crippen molar-refractivity contribution in [2.24, 2.45) is 0 Å². The molecule has 0 amide bonds. The summed E-state index contributed by atoms with van der Waals surface area (Å²) in [5, 5.41) is 4.47. The first-order valence-electron chi connectivity index (χ1n) is 13.4. The first-order valence-corrected chi connectivity index (χ1v) is 13.4. The third-order valence-corrected chi connectivity index (χ3v) is 7.21. The molecule has 0 unspecified atom stereocenters. The summed E-state index contributed by atoms with van der Waals surface area (Å²) >= 11 is 0. The van der Waals surface area contributed by atoms with Crippen molar-refractivity contribution < 1.29 is 18.0 Å². The van der Waals surface area contributed by atoms with Gasteiger partial charge in [-0.25, -0.2) is 4.98 Å². The van der Waals surface area contributed by atoms with Gasteiger partial charge in [-0.15, -0.1) is 0 Å². The zero-order valence-corrected chi connectivity index (χ0v) is 23.1. The summed E-state index contributed by atoms with van der Waals surface area (Å²) in [6, 6.07) is 9.10. The lowest BCUT2D eigenvalue weighted by Gasteiger charge is -2.24. The molecule has 1 aliphatic carbocycles. The molecule has 4 heterocycles. The molecule has 38 heavy (non-hydrogen) atoms. The van der Waals surface area contributed by atoms with E-state index in [1.807, 2.05) is 36.9 Å². The number of aromatic nitrogens is 4. The van der Waals surface area contributed by atoms with Gasteiger partial charge in [0.1, 0.15) is 12.1 Å². The molecule has 2 aliphatic rings. The van der Waals surface area contributed by atoms with Crippen molar-refractivity contribution in [3.63, 3.8) is 0 Å². The van der Waals surface area contributed by atoms with Gasteiger partial charge in [0.2, 0.25) is 0 Å². The van der Waals surface area contributed by atoms with Gasteiger partial charge in [0.25, 0.3) is 0 Å². The number of carbonyl (C=O) groups excluding carboxylic acids is 1. The van der Waals surface area contributed by atoms with Crippen LogP contribution >= 0.6 is 0 Å². The molecule has 2 N–H and O–H groups in total. The van der Waals surface area contributed by atoms with Crippen LogP contribution in [-0.4, -0.2) is 26.0 Å². The first-order chi connectivity index (χ1) is 18.2. The number of nitrogens with zero attached hydrogens (tertiary/aromatic N) is 4. The van der Waals surface area contributed by atoms with E-state index in [1.54, 1.807) is 0 Å². The van der Waals surface area contributed by atoms with Gasteiger partial charge in [-0.1, -0.05) is 40.2 Å². The number of aryl methyl sites for hydroxylation is 1. The highest BCUT2D eigenvalue weighted by Gasteiger charge is 2.38. The first kappa shape index (κ1) is 31.0. The maximum atomic E-state index is 13.0. The molecule has 3 aromatic rings. The van der Waals surface area contributed by atoms with Crippen LogP contribution in [0.1, 0.15) is 96.0 Å². The minimum atomic E-state index is -4.52. The Hall–Kier alpha value is -3.23. The fourth-order valence-corrected chi connectivity index (χ4v) is 4.73. The predicted molar refractivity (Wildman–Crippen MR) is 146 cm³/mol. The number of aldehydes is 1. The molecular formula is C29H40F3N5O. The monoisotopic (exact) mass is 531 g/mol. The molecule has 208 valence electrons. The summed E-state index contributed by atoms with van der Waals surface area (Å²) in [7, 11) is 0. The van der Waals surface area contributed by atoms with Gasteiger partial charge in [0, 0.05) is 47.2 Å². The van der Waals surface area contributed by atoms with E-state index in [1.165, 1.54) is 38.1 Å². The maximum Gasteiger partial charge on any atom is 0.419 e. The highest BCUT2D eigenvalue weighted by Crippen LogP contribution is 2.42. The van der Waals surface area contributed by atoms with Crippen LogP contribution in [-0.2, 0) is 22.9 Å². The second kappa shape index (κ2) is 14.1. The number of nitrogen functional groups attached to an aromatic ring is 1. The summed E-state index contributed by atoms with van der Waals surface area (Å²) in [6.45, 7) is 10.5. The third-order valence-electron chi connectivity index (χ3n) is 7.21. The Morgan fingerprint density at radius 1 is 1.13 bits per heavy atom. The van der Waals surface area contributed by atoms with Crippen LogP contribution in [0.5, 0.6) is 0 Å². The van der Waals surface area contributed by atoms with Gasteiger partial charge in [-0.05, 0) is 63.3 Å². The van der Waals surface area contributed by atoms with Gasteiger partial charge in [-0.2, -0.15) is 18.3 Å². The van der Waals surface area contributed by atoms with Crippen molar-refractivity contribution >= 4 is 12.1 Å². The predicted octanol–water partition coefficient (Wildman–Crippen LogP) is 7.59. The number of hydrogen-bond acceptors (Lipinski definition) is 5. The van der Waals surface area contributed by atoms with E-state index in [0.29, 0.717) is 11.3 Å². The van der Waals surface area contributed by atoms with Crippen LogP contribution < -0.4 is 5.73 Å². The van der Waals surface area contributed by atoms with E-state index in [9.17, 15) is 13.2 Å². The molecule has 1 saturated carbocycles. The molecule has 0 bridgehead atoms. The fraction of sp³-hybridized carbons (Fsp3) is 0.517. The van der Waals surface area contributed by atoms with Crippen LogP contribution in [0.25, 0.3) is 11.3 Å². The molecular weight excluding hydrogens is 491 g/mol. The third kappa shape index (κ3) is 7.20. The quantitative estimate of drug-likeness (QED) is 0.351. The smallest absolute Gasteiger partial charge is 0.383 e. The number of halogens is 3. The minimum Gasteiger partial charge on any atom is -0.383 e.